The van der Waals surface area contributed by atoms with Crippen LogP contribution in [0.15, 0.2) is 28.9 Å². The highest BCUT2D eigenvalue weighted by Crippen LogP contribution is 2.11. The molecule has 0 aromatic carbocycles. The number of aliphatic hydroxyl groups excluding tert-OH is 1. The van der Waals surface area contributed by atoms with E-state index in [0.717, 1.165) is 25.7 Å². The smallest absolute Gasteiger partial charge is 0.303 e. The van der Waals surface area contributed by atoms with Crippen molar-refractivity contribution in [2.75, 3.05) is 0 Å². The molecule has 0 aromatic rings. The van der Waals surface area contributed by atoms with Gasteiger partial charge in [-0.25, -0.2) is 0 Å². The first-order valence-corrected chi connectivity index (χ1v) is 9.16. The standard InChI is InChI=1S/C18H29BrO3/c19-16-12-14-17(20)13-10-8-6-4-2-1-3-5-7-9-11-15-18(21)22/h10,13-14,16-17,20H,1-9,11,15H2,(H,21,22). The molecule has 1 unspecified atom stereocenters. The summed E-state index contributed by atoms with van der Waals surface area (Å²) in [5.41, 5.74) is 2.78. The Bertz CT molecular complexity index is 357. The van der Waals surface area contributed by atoms with Crippen molar-refractivity contribution < 1.29 is 15.0 Å². The molecule has 3 nitrogen and oxygen atoms in total. The van der Waals surface area contributed by atoms with Crippen molar-refractivity contribution in [3.63, 3.8) is 0 Å². The van der Waals surface area contributed by atoms with Gasteiger partial charge in [0.25, 0.3) is 0 Å². The highest BCUT2D eigenvalue weighted by molar-refractivity contribution is 9.11. The molecule has 4 heteroatoms. The van der Waals surface area contributed by atoms with Crippen LogP contribution in [-0.2, 0) is 4.79 Å². The minimum absolute atomic E-state index is 0.310. The number of rotatable bonds is 14. The molecule has 0 heterocycles. The molecule has 0 saturated carbocycles. The average Bonchev–Trinajstić information content (AvgIpc) is 2.49. The summed E-state index contributed by atoms with van der Waals surface area (Å²) in [5, 5.41) is 18.0. The fourth-order valence-corrected chi connectivity index (χ4v) is 2.35. The number of carboxylic acids is 1. The molecule has 1 atom stereocenters. The molecule has 0 saturated heterocycles. The second-order valence-electron chi connectivity index (χ2n) is 5.48. The molecule has 0 aliphatic carbocycles. The van der Waals surface area contributed by atoms with Crippen LogP contribution < -0.4 is 0 Å². The van der Waals surface area contributed by atoms with Crippen molar-refractivity contribution >= 4 is 21.9 Å². The Morgan fingerprint density at radius 2 is 1.55 bits per heavy atom. The summed E-state index contributed by atoms with van der Waals surface area (Å²) in [6, 6.07) is 0. The summed E-state index contributed by atoms with van der Waals surface area (Å²) in [5.74, 6) is -0.683. The molecule has 0 spiro atoms. The molecule has 0 radical (unpaired) electrons. The average molecular weight is 373 g/mol. The van der Waals surface area contributed by atoms with E-state index in [4.69, 9.17) is 5.11 Å². The maximum atomic E-state index is 10.3. The predicted molar refractivity (Wildman–Crippen MR) is 95.1 cm³/mol. The number of carbonyl (C=O) groups is 1. The van der Waals surface area contributed by atoms with Gasteiger partial charge in [-0.15, -0.1) is 5.73 Å². The summed E-state index contributed by atoms with van der Waals surface area (Å²) in [4.78, 5) is 11.9. The molecule has 22 heavy (non-hydrogen) atoms. The van der Waals surface area contributed by atoms with Crippen molar-refractivity contribution in [2.45, 2.75) is 76.7 Å². The minimum Gasteiger partial charge on any atom is -0.481 e. The van der Waals surface area contributed by atoms with E-state index in [9.17, 15) is 9.90 Å². The van der Waals surface area contributed by atoms with Gasteiger partial charge in [-0.3, -0.25) is 4.79 Å². The molecular formula is C18H29BrO3. The maximum Gasteiger partial charge on any atom is 0.303 e. The molecule has 0 aliphatic rings. The fourth-order valence-electron chi connectivity index (χ4n) is 2.20. The van der Waals surface area contributed by atoms with Gasteiger partial charge in [-0.2, -0.15) is 0 Å². The second kappa shape index (κ2) is 16.5. The Morgan fingerprint density at radius 1 is 1.00 bits per heavy atom. The van der Waals surface area contributed by atoms with Crippen LogP contribution in [-0.4, -0.2) is 22.3 Å². The summed E-state index contributed by atoms with van der Waals surface area (Å²) in [6.45, 7) is 0. The summed E-state index contributed by atoms with van der Waals surface area (Å²) >= 11 is 3.10. The van der Waals surface area contributed by atoms with Crippen LogP contribution in [0.5, 0.6) is 0 Å². The number of aliphatic carboxylic acids is 1. The Kier molecular flexibility index (Phi) is 15.9. The van der Waals surface area contributed by atoms with Crippen LogP contribution >= 0.6 is 15.9 Å². The lowest BCUT2D eigenvalue weighted by Gasteiger charge is -2.01. The van der Waals surface area contributed by atoms with E-state index in [2.05, 4.69) is 21.7 Å². The summed E-state index contributed by atoms with van der Waals surface area (Å²) < 4.78 is 0. The zero-order valence-corrected chi connectivity index (χ0v) is 14.9. The van der Waals surface area contributed by atoms with Crippen LogP contribution in [0.4, 0.5) is 0 Å². The van der Waals surface area contributed by atoms with Crippen LogP contribution in [0.1, 0.15) is 70.6 Å². The third-order valence-corrected chi connectivity index (χ3v) is 3.69. The van der Waals surface area contributed by atoms with Crippen LogP contribution in [0.25, 0.3) is 0 Å². The van der Waals surface area contributed by atoms with E-state index in [0.29, 0.717) is 6.42 Å². The number of halogens is 1. The molecule has 0 aromatic heterocycles. The number of hydrogen-bond acceptors (Lipinski definition) is 2. The van der Waals surface area contributed by atoms with Crippen molar-refractivity contribution in [2.24, 2.45) is 0 Å². The SMILES string of the molecule is O=C(O)CCCCCCCCCCCC=CC(O)C=C=CBr. The minimum atomic E-state index is -0.683. The normalized spacial score (nSPS) is 12.1. The zero-order valence-electron chi connectivity index (χ0n) is 13.3. The third kappa shape index (κ3) is 17.2. The quantitative estimate of drug-likeness (QED) is 0.245. The summed E-state index contributed by atoms with van der Waals surface area (Å²) in [6.07, 6.45) is 16.6. The Hall–Kier alpha value is -0.830. The van der Waals surface area contributed by atoms with E-state index >= 15 is 0 Å². The molecule has 0 aliphatic heterocycles. The van der Waals surface area contributed by atoms with Crippen molar-refractivity contribution in [3.8, 4) is 0 Å². The monoisotopic (exact) mass is 372 g/mol. The Balaban J connectivity index is 3.25. The van der Waals surface area contributed by atoms with Gasteiger partial charge in [0.05, 0.1) is 6.10 Å². The lowest BCUT2D eigenvalue weighted by atomic mass is 10.1. The number of allylic oxidation sites excluding steroid dienone is 1. The van der Waals surface area contributed by atoms with Gasteiger partial charge in [0.15, 0.2) is 0 Å². The van der Waals surface area contributed by atoms with E-state index in [1.54, 1.807) is 17.1 Å². The van der Waals surface area contributed by atoms with Gasteiger partial charge in [-0.1, -0.05) is 73.0 Å². The number of unbranched alkanes of at least 4 members (excludes halogenated alkanes) is 9. The van der Waals surface area contributed by atoms with Crippen LogP contribution in [0, 0.1) is 0 Å². The largest absolute Gasteiger partial charge is 0.481 e. The van der Waals surface area contributed by atoms with Crippen molar-refractivity contribution in [3.05, 3.63) is 28.9 Å². The Morgan fingerprint density at radius 3 is 2.09 bits per heavy atom. The first-order chi connectivity index (χ1) is 10.7. The molecule has 0 bridgehead atoms. The first-order valence-electron chi connectivity index (χ1n) is 8.24. The van der Waals surface area contributed by atoms with E-state index in [-0.39, 0.29) is 0 Å². The number of aliphatic hydroxyl groups is 1. The predicted octanol–water partition coefficient (Wildman–Crippen LogP) is 5.34. The van der Waals surface area contributed by atoms with E-state index < -0.39 is 12.1 Å². The van der Waals surface area contributed by atoms with Gasteiger partial charge in [0, 0.05) is 11.4 Å². The summed E-state index contributed by atoms with van der Waals surface area (Å²) in [7, 11) is 0. The zero-order chi connectivity index (χ0) is 16.5. The van der Waals surface area contributed by atoms with Crippen molar-refractivity contribution in [1.29, 1.82) is 0 Å². The highest BCUT2D eigenvalue weighted by Gasteiger charge is 1.96. The molecule has 0 fully saturated rings. The van der Waals surface area contributed by atoms with Gasteiger partial charge < -0.3 is 10.2 Å². The molecule has 0 rings (SSSR count). The fraction of sp³-hybridized carbons (Fsp3) is 0.667. The molecule has 126 valence electrons. The van der Waals surface area contributed by atoms with Crippen LogP contribution in [0.3, 0.4) is 0 Å². The molecule has 2 N–H and O–H groups in total. The number of hydrogen-bond donors (Lipinski definition) is 2. The van der Waals surface area contributed by atoms with Gasteiger partial charge in [-0.05, 0) is 25.3 Å². The van der Waals surface area contributed by atoms with E-state index in [1.165, 1.54) is 38.5 Å². The van der Waals surface area contributed by atoms with Gasteiger partial charge in [0.1, 0.15) is 0 Å². The topological polar surface area (TPSA) is 57.5 Å². The molecular weight excluding hydrogens is 344 g/mol. The lowest BCUT2D eigenvalue weighted by Crippen LogP contribution is -1.94. The van der Waals surface area contributed by atoms with Gasteiger partial charge in [0.2, 0.25) is 0 Å². The lowest BCUT2D eigenvalue weighted by molar-refractivity contribution is -0.137. The van der Waals surface area contributed by atoms with E-state index in [1.807, 2.05) is 6.08 Å². The third-order valence-electron chi connectivity index (χ3n) is 3.42. The second-order valence-corrected chi connectivity index (χ2v) is 5.93. The van der Waals surface area contributed by atoms with Crippen molar-refractivity contribution in [1.82, 2.24) is 0 Å². The maximum absolute atomic E-state index is 10.3. The van der Waals surface area contributed by atoms with Crippen LogP contribution in [0.2, 0.25) is 0 Å². The number of carboxylic acid groups (broad SMARTS) is 1. The molecule has 0 amide bonds. The van der Waals surface area contributed by atoms with Gasteiger partial charge >= 0.3 is 5.97 Å². The first kappa shape index (κ1) is 21.2. The highest BCUT2D eigenvalue weighted by atomic mass is 79.9. The Labute approximate surface area is 142 Å².